The van der Waals surface area contributed by atoms with Crippen molar-refractivity contribution >= 4 is 5.97 Å². The lowest BCUT2D eigenvalue weighted by Gasteiger charge is -2.26. The number of nitrogens with two attached hydrogens (primary N) is 1. The lowest BCUT2D eigenvalue weighted by atomic mass is 9.97. The van der Waals surface area contributed by atoms with Crippen LogP contribution in [-0.4, -0.2) is 28.8 Å². The Labute approximate surface area is 85.4 Å². The number of aliphatic hydroxyl groups is 1. The maximum atomic E-state index is 11.4. The first-order chi connectivity index (χ1) is 6.15. The number of aliphatic hydroxyl groups excluding tert-OH is 1. The smallest absolute Gasteiger partial charge is 0.323 e. The molecule has 0 saturated heterocycles. The standard InChI is InChI=1S/C10H21NO3/c1-6(7(2)12)8(11)9(13)14-10(3,4)5/h6-8,12H,11H2,1-5H3/t6-,7+,8?/m0/s1. The Hall–Kier alpha value is -0.610. The summed E-state index contributed by atoms with van der Waals surface area (Å²) in [6.45, 7) is 8.67. The quantitative estimate of drug-likeness (QED) is 0.661. The van der Waals surface area contributed by atoms with Crippen LogP contribution in [-0.2, 0) is 9.53 Å². The summed E-state index contributed by atoms with van der Waals surface area (Å²) in [5, 5.41) is 9.25. The molecule has 0 rings (SSSR count). The van der Waals surface area contributed by atoms with E-state index < -0.39 is 23.7 Å². The summed E-state index contributed by atoms with van der Waals surface area (Å²) in [4.78, 5) is 11.4. The fraction of sp³-hybridized carbons (Fsp3) is 0.900. The Bertz CT molecular complexity index is 196. The number of rotatable bonds is 3. The van der Waals surface area contributed by atoms with E-state index in [0.717, 1.165) is 0 Å². The zero-order chi connectivity index (χ0) is 11.5. The van der Waals surface area contributed by atoms with Gasteiger partial charge in [0, 0.05) is 5.92 Å². The topological polar surface area (TPSA) is 72.6 Å². The van der Waals surface area contributed by atoms with E-state index in [1.807, 2.05) is 0 Å². The number of ether oxygens (including phenoxy) is 1. The fourth-order valence-corrected chi connectivity index (χ4v) is 0.885. The Morgan fingerprint density at radius 1 is 1.36 bits per heavy atom. The van der Waals surface area contributed by atoms with Crippen LogP contribution in [0.1, 0.15) is 34.6 Å². The van der Waals surface area contributed by atoms with E-state index in [4.69, 9.17) is 10.5 Å². The highest BCUT2D eigenvalue weighted by atomic mass is 16.6. The summed E-state index contributed by atoms with van der Waals surface area (Å²) >= 11 is 0. The first-order valence-electron chi connectivity index (χ1n) is 4.81. The molecule has 0 aliphatic rings. The molecule has 3 N–H and O–H groups in total. The number of hydrogen-bond acceptors (Lipinski definition) is 4. The number of hydrogen-bond donors (Lipinski definition) is 2. The molecule has 4 heteroatoms. The Morgan fingerprint density at radius 2 is 1.79 bits per heavy atom. The van der Waals surface area contributed by atoms with Gasteiger partial charge in [-0.3, -0.25) is 4.79 Å². The summed E-state index contributed by atoms with van der Waals surface area (Å²) in [5.74, 6) is -0.768. The van der Waals surface area contributed by atoms with Gasteiger partial charge in [-0.25, -0.2) is 0 Å². The average Bonchev–Trinajstić information content (AvgIpc) is 1.98. The van der Waals surface area contributed by atoms with Gasteiger partial charge in [0.05, 0.1) is 6.10 Å². The molecule has 0 bridgehead atoms. The van der Waals surface area contributed by atoms with Gasteiger partial charge in [0.1, 0.15) is 11.6 Å². The molecule has 0 amide bonds. The molecule has 0 heterocycles. The second kappa shape index (κ2) is 4.75. The Balaban J connectivity index is 4.26. The van der Waals surface area contributed by atoms with Gasteiger partial charge < -0.3 is 15.6 Å². The van der Waals surface area contributed by atoms with Crippen LogP contribution in [0, 0.1) is 5.92 Å². The Kier molecular flexibility index (Phi) is 4.55. The van der Waals surface area contributed by atoms with E-state index in [-0.39, 0.29) is 5.92 Å². The van der Waals surface area contributed by atoms with Crippen LogP contribution in [0.3, 0.4) is 0 Å². The fourth-order valence-electron chi connectivity index (χ4n) is 0.885. The molecule has 0 aromatic rings. The minimum absolute atomic E-state index is 0.301. The molecule has 0 fully saturated rings. The van der Waals surface area contributed by atoms with E-state index in [1.165, 1.54) is 0 Å². The van der Waals surface area contributed by atoms with Gasteiger partial charge in [-0.2, -0.15) is 0 Å². The molecule has 0 aliphatic heterocycles. The normalized spacial score (nSPS) is 18.5. The number of carbonyl (C=O) groups is 1. The minimum Gasteiger partial charge on any atom is -0.459 e. The van der Waals surface area contributed by atoms with Crippen LogP contribution < -0.4 is 5.73 Å². The van der Waals surface area contributed by atoms with Gasteiger partial charge in [0.2, 0.25) is 0 Å². The predicted octanol–water partition coefficient (Wildman–Crippen LogP) is 0.672. The lowest BCUT2D eigenvalue weighted by Crippen LogP contribution is -2.44. The molecule has 84 valence electrons. The average molecular weight is 203 g/mol. The molecule has 1 unspecified atom stereocenters. The van der Waals surface area contributed by atoms with Crippen molar-refractivity contribution in [3.8, 4) is 0 Å². The zero-order valence-electron chi connectivity index (χ0n) is 9.57. The van der Waals surface area contributed by atoms with Crippen molar-refractivity contribution in [3.05, 3.63) is 0 Å². The van der Waals surface area contributed by atoms with Gasteiger partial charge in [0.25, 0.3) is 0 Å². The number of carbonyl (C=O) groups excluding carboxylic acids is 1. The molecular formula is C10H21NO3. The van der Waals surface area contributed by atoms with E-state index in [9.17, 15) is 9.90 Å². The summed E-state index contributed by atoms with van der Waals surface area (Å²) in [7, 11) is 0. The first-order valence-corrected chi connectivity index (χ1v) is 4.81. The molecule has 0 spiro atoms. The minimum atomic E-state index is -0.769. The zero-order valence-corrected chi connectivity index (χ0v) is 9.57. The third-order valence-corrected chi connectivity index (χ3v) is 2.01. The van der Waals surface area contributed by atoms with Crippen LogP contribution >= 0.6 is 0 Å². The van der Waals surface area contributed by atoms with Crippen molar-refractivity contribution in [2.24, 2.45) is 11.7 Å². The van der Waals surface area contributed by atoms with Crippen molar-refractivity contribution in [2.45, 2.75) is 52.4 Å². The molecule has 0 aromatic carbocycles. The molecule has 3 atom stereocenters. The van der Waals surface area contributed by atoms with Gasteiger partial charge in [-0.05, 0) is 27.7 Å². The van der Waals surface area contributed by atoms with E-state index in [1.54, 1.807) is 34.6 Å². The third-order valence-electron chi connectivity index (χ3n) is 2.01. The summed E-state index contributed by atoms with van der Waals surface area (Å²) in [6, 6.07) is -0.769. The molecule has 0 aromatic heterocycles. The molecule has 14 heavy (non-hydrogen) atoms. The summed E-state index contributed by atoms with van der Waals surface area (Å²) < 4.78 is 5.10. The van der Waals surface area contributed by atoms with Gasteiger partial charge in [0.15, 0.2) is 0 Å². The maximum Gasteiger partial charge on any atom is 0.323 e. The highest BCUT2D eigenvalue weighted by molar-refractivity contribution is 5.76. The van der Waals surface area contributed by atoms with Crippen LogP contribution in [0.2, 0.25) is 0 Å². The molecule has 0 radical (unpaired) electrons. The lowest BCUT2D eigenvalue weighted by molar-refractivity contribution is -0.158. The van der Waals surface area contributed by atoms with E-state index >= 15 is 0 Å². The Morgan fingerprint density at radius 3 is 2.07 bits per heavy atom. The molecule has 0 saturated carbocycles. The van der Waals surface area contributed by atoms with Crippen LogP contribution in [0.4, 0.5) is 0 Å². The van der Waals surface area contributed by atoms with E-state index in [2.05, 4.69) is 0 Å². The first kappa shape index (κ1) is 13.4. The number of esters is 1. The van der Waals surface area contributed by atoms with Crippen molar-refractivity contribution < 1.29 is 14.6 Å². The SMILES string of the molecule is C[C@H](C(N)C(=O)OC(C)(C)C)[C@@H](C)O. The van der Waals surface area contributed by atoms with E-state index in [0.29, 0.717) is 0 Å². The van der Waals surface area contributed by atoms with Crippen molar-refractivity contribution in [3.63, 3.8) is 0 Å². The highest BCUT2D eigenvalue weighted by Gasteiger charge is 2.28. The van der Waals surface area contributed by atoms with Gasteiger partial charge in [-0.15, -0.1) is 0 Å². The van der Waals surface area contributed by atoms with Crippen LogP contribution in [0.25, 0.3) is 0 Å². The second-order valence-electron chi connectivity index (χ2n) is 4.66. The summed E-state index contributed by atoms with van der Waals surface area (Å²) in [6.07, 6.45) is -0.613. The molecular weight excluding hydrogens is 182 g/mol. The second-order valence-corrected chi connectivity index (χ2v) is 4.66. The molecule has 0 aliphatic carbocycles. The summed E-state index contributed by atoms with van der Waals surface area (Å²) in [5.41, 5.74) is 5.10. The highest BCUT2D eigenvalue weighted by Crippen LogP contribution is 2.13. The van der Waals surface area contributed by atoms with Crippen molar-refractivity contribution in [2.75, 3.05) is 0 Å². The largest absolute Gasteiger partial charge is 0.459 e. The van der Waals surface area contributed by atoms with Crippen molar-refractivity contribution in [1.29, 1.82) is 0 Å². The van der Waals surface area contributed by atoms with Gasteiger partial charge >= 0.3 is 5.97 Å². The third kappa shape index (κ3) is 4.58. The monoisotopic (exact) mass is 203 g/mol. The molecule has 4 nitrogen and oxygen atoms in total. The van der Waals surface area contributed by atoms with Crippen LogP contribution in [0.15, 0.2) is 0 Å². The van der Waals surface area contributed by atoms with Crippen molar-refractivity contribution in [1.82, 2.24) is 0 Å². The maximum absolute atomic E-state index is 11.4. The predicted molar refractivity (Wildman–Crippen MR) is 54.7 cm³/mol. The van der Waals surface area contributed by atoms with Crippen LogP contribution in [0.5, 0.6) is 0 Å². The van der Waals surface area contributed by atoms with Gasteiger partial charge in [-0.1, -0.05) is 6.92 Å².